The average Bonchev–Trinajstić information content (AvgIpc) is 3.34. The second-order valence-corrected chi connectivity index (χ2v) is 9.89. The van der Waals surface area contributed by atoms with E-state index in [1.54, 1.807) is 0 Å². The van der Waals surface area contributed by atoms with Gasteiger partial charge in [-0.15, -0.1) is 0 Å². The molecule has 39 heavy (non-hydrogen) atoms. The lowest BCUT2D eigenvalue weighted by molar-refractivity contribution is -0.148. The topological polar surface area (TPSA) is 162 Å². The summed E-state index contributed by atoms with van der Waals surface area (Å²) < 4.78 is 0. The van der Waals surface area contributed by atoms with Gasteiger partial charge in [0.25, 0.3) is 0 Å². The fraction of sp³-hybridized carbons (Fsp3) is 0.448. The molecule has 0 spiro atoms. The molecule has 0 heterocycles. The van der Waals surface area contributed by atoms with Gasteiger partial charge in [-0.3, -0.25) is 24.5 Å². The van der Waals surface area contributed by atoms with Crippen molar-refractivity contribution in [1.82, 2.24) is 15.5 Å². The van der Waals surface area contributed by atoms with Gasteiger partial charge in [0.2, 0.25) is 11.8 Å². The van der Waals surface area contributed by atoms with Gasteiger partial charge in [-0.2, -0.15) is 0 Å². The van der Waals surface area contributed by atoms with Crippen LogP contribution in [0.1, 0.15) is 54.8 Å². The first-order chi connectivity index (χ1) is 18.8. The molecule has 0 radical (unpaired) electrons. The Morgan fingerprint density at radius 2 is 1.67 bits per heavy atom. The summed E-state index contributed by atoms with van der Waals surface area (Å²) in [5, 5.41) is 25.6. The minimum atomic E-state index is -1.12. The van der Waals surface area contributed by atoms with Crippen molar-refractivity contribution in [3.05, 3.63) is 71.3 Å². The van der Waals surface area contributed by atoms with Gasteiger partial charge in [0.05, 0.1) is 18.6 Å². The van der Waals surface area contributed by atoms with Crippen LogP contribution >= 0.6 is 0 Å². The number of aliphatic carboxylic acids is 2. The zero-order chi connectivity index (χ0) is 28.2. The van der Waals surface area contributed by atoms with E-state index in [4.69, 9.17) is 5.73 Å². The van der Waals surface area contributed by atoms with Gasteiger partial charge < -0.3 is 26.2 Å². The molecular formula is C29H38N4O6. The Morgan fingerprint density at radius 1 is 0.949 bits per heavy atom. The van der Waals surface area contributed by atoms with Crippen molar-refractivity contribution in [2.45, 2.75) is 63.1 Å². The first-order valence-corrected chi connectivity index (χ1v) is 13.4. The summed E-state index contributed by atoms with van der Waals surface area (Å²) in [7, 11) is 0. The lowest BCUT2D eigenvalue weighted by Crippen LogP contribution is -2.53. The van der Waals surface area contributed by atoms with Crippen molar-refractivity contribution >= 4 is 23.8 Å². The van der Waals surface area contributed by atoms with Crippen molar-refractivity contribution in [2.75, 3.05) is 19.6 Å². The van der Waals surface area contributed by atoms with E-state index in [0.29, 0.717) is 38.6 Å². The Labute approximate surface area is 228 Å². The number of hydrogen-bond acceptors (Lipinski definition) is 6. The molecule has 6 N–H and O–H groups in total. The van der Waals surface area contributed by atoms with Crippen molar-refractivity contribution in [3.8, 4) is 0 Å². The molecule has 0 saturated heterocycles. The summed E-state index contributed by atoms with van der Waals surface area (Å²) in [6.07, 6.45) is 3.64. The van der Waals surface area contributed by atoms with Crippen LogP contribution in [0.3, 0.4) is 0 Å². The number of hydrogen-bond donors (Lipinski definition) is 5. The van der Waals surface area contributed by atoms with Gasteiger partial charge in [0.15, 0.2) is 0 Å². The number of rotatable bonds is 17. The van der Waals surface area contributed by atoms with E-state index >= 15 is 0 Å². The lowest BCUT2D eigenvalue weighted by atomic mass is 10.0. The van der Waals surface area contributed by atoms with Crippen molar-refractivity contribution < 1.29 is 29.4 Å². The maximum Gasteiger partial charge on any atom is 0.323 e. The molecule has 210 valence electrons. The van der Waals surface area contributed by atoms with E-state index in [-0.39, 0.29) is 19.0 Å². The van der Waals surface area contributed by atoms with Crippen LogP contribution in [0.5, 0.6) is 0 Å². The van der Waals surface area contributed by atoms with Crippen LogP contribution in [0, 0.1) is 0 Å². The van der Waals surface area contributed by atoms with Gasteiger partial charge in [-0.05, 0) is 61.8 Å². The van der Waals surface area contributed by atoms with Gasteiger partial charge in [-0.25, -0.2) is 0 Å². The Hall–Kier alpha value is -3.76. The molecule has 2 aromatic rings. The SMILES string of the molecule is NC(=O)CNCCCC[C@H](NC(CCc1ccccc1)C(=O)O)C(=O)N(CC(=O)O)C1CCc2ccccc21. The number of nitrogens with two attached hydrogens (primary N) is 1. The molecule has 3 atom stereocenters. The third-order valence-corrected chi connectivity index (χ3v) is 7.02. The largest absolute Gasteiger partial charge is 0.480 e. The predicted molar refractivity (Wildman–Crippen MR) is 146 cm³/mol. The summed E-state index contributed by atoms with van der Waals surface area (Å²) in [4.78, 5) is 50.3. The summed E-state index contributed by atoms with van der Waals surface area (Å²) >= 11 is 0. The standard InChI is InChI=1S/C29H38N4O6/c30-26(34)18-31-17-7-6-12-23(32-24(29(38)39)15-13-20-8-2-1-3-9-20)28(37)33(19-27(35)36)25-16-14-21-10-4-5-11-22(21)25/h1-5,8-11,23-25,31-32H,6-7,12-19H2,(H2,30,34)(H,35,36)(H,38,39)/t23-,24?,25?/m0/s1. The Morgan fingerprint density at radius 3 is 2.36 bits per heavy atom. The highest BCUT2D eigenvalue weighted by Gasteiger charge is 2.36. The summed E-state index contributed by atoms with van der Waals surface area (Å²) in [6.45, 7) is 0.0850. The number of benzene rings is 2. The highest BCUT2D eigenvalue weighted by atomic mass is 16.4. The number of carboxylic acid groups (broad SMARTS) is 2. The molecular weight excluding hydrogens is 500 g/mol. The smallest absolute Gasteiger partial charge is 0.323 e. The average molecular weight is 539 g/mol. The molecule has 0 fully saturated rings. The Balaban J connectivity index is 1.78. The highest BCUT2D eigenvalue weighted by molar-refractivity contribution is 5.87. The molecule has 1 aliphatic rings. The molecule has 3 rings (SSSR count). The van der Waals surface area contributed by atoms with E-state index in [1.807, 2.05) is 54.6 Å². The minimum absolute atomic E-state index is 0.0503. The Kier molecular flexibility index (Phi) is 11.4. The number of aryl methyl sites for hydroxylation is 2. The number of amides is 2. The number of primary amides is 1. The molecule has 0 saturated carbocycles. The first-order valence-electron chi connectivity index (χ1n) is 13.4. The van der Waals surface area contributed by atoms with Crippen LogP contribution in [0.25, 0.3) is 0 Å². The zero-order valence-electron chi connectivity index (χ0n) is 22.1. The molecule has 10 nitrogen and oxygen atoms in total. The number of nitrogens with zero attached hydrogens (tertiary/aromatic N) is 1. The van der Waals surface area contributed by atoms with Crippen molar-refractivity contribution in [3.63, 3.8) is 0 Å². The van der Waals surface area contributed by atoms with Crippen LogP contribution in [0.4, 0.5) is 0 Å². The monoisotopic (exact) mass is 538 g/mol. The van der Waals surface area contributed by atoms with Crippen LogP contribution in [0.15, 0.2) is 54.6 Å². The third kappa shape index (κ3) is 9.19. The lowest BCUT2D eigenvalue weighted by Gasteiger charge is -2.33. The highest BCUT2D eigenvalue weighted by Crippen LogP contribution is 2.36. The minimum Gasteiger partial charge on any atom is -0.480 e. The van der Waals surface area contributed by atoms with Crippen molar-refractivity contribution in [1.29, 1.82) is 0 Å². The number of carboxylic acids is 2. The van der Waals surface area contributed by atoms with Crippen LogP contribution < -0.4 is 16.4 Å². The van der Waals surface area contributed by atoms with Gasteiger partial charge in [-0.1, -0.05) is 61.0 Å². The quantitative estimate of drug-likeness (QED) is 0.191. The first kappa shape index (κ1) is 29.8. The maximum atomic E-state index is 13.9. The predicted octanol–water partition coefficient (Wildman–Crippen LogP) is 1.88. The second-order valence-electron chi connectivity index (χ2n) is 9.89. The molecule has 0 aliphatic heterocycles. The van der Waals surface area contributed by atoms with Crippen LogP contribution in [-0.4, -0.2) is 70.6 Å². The molecule has 2 aromatic carbocycles. The van der Waals surface area contributed by atoms with E-state index < -0.39 is 42.4 Å². The Bertz CT molecular complexity index is 1130. The normalized spacial score (nSPS) is 15.7. The number of nitrogens with one attached hydrogen (secondary N) is 2. The maximum absolute atomic E-state index is 13.9. The van der Waals surface area contributed by atoms with E-state index in [2.05, 4.69) is 10.6 Å². The summed E-state index contributed by atoms with van der Waals surface area (Å²) in [5.41, 5.74) is 8.16. The molecule has 2 unspecified atom stereocenters. The number of carbonyl (C=O) groups excluding carboxylic acids is 2. The van der Waals surface area contributed by atoms with E-state index in [9.17, 15) is 29.4 Å². The molecule has 0 bridgehead atoms. The van der Waals surface area contributed by atoms with Crippen LogP contribution in [-0.2, 0) is 32.0 Å². The fourth-order valence-corrected chi connectivity index (χ4v) is 5.11. The molecule has 1 aliphatic carbocycles. The van der Waals surface area contributed by atoms with E-state index in [0.717, 1.165) is 23.1 Å². The fourth-order valence-electron chi connectivity index (χ4n) is 5.11. The second kappa shape index (κ2) is 15.0. The van der Waals surface area contributed by atoms with Crippen LogP contribution in [0.2, 0.25) is 0 Å². The van der Waals surface area contributed by atoms with Gasteiger partial charge in [0, 0.05) is 0 Å². The number of unbranched alkanes of at least 4 members (excludes halogenated alkanes) is 1. The third-order valence-electron chi connectivity index (χ3n) is 7.02. The van der Waals surface area contributed by atoms with Crippen molar-refractivity contribution in [2.24, 2.45) is 5.73 Å². The molecule has 2 amide bonds. The number of carbonyl (C=O) groups is 4. The molecule has 0 aromatic heterocycles. The molecule has 10 heteroatoms. The zero-order valence-corrected chi connectivity index (χ0v) is 22.1. The van der Waals surface area contributed by atoms with Gasteiger partial charge >= 0.3 is 11.9 Å². The summed E-state index contributed by atoms with van der Waals surface area (Å²) in [5.74, 6) is -3.08. The van der Waals surface area contributed by atoms with Gasteiger partial charge in [0.1, 0.15) is 12.6 Å². The summed E-state index contributed by atoms with van der Waals surface area (Å²) in [6, 6.07) is 14.9. The van der Waals surface area contributed by atoms with E-state index in [1.165, 1.54) is 4.90 Å². The number of fused-ring (bicyclic) bond motifs is 1.